The molecule has 0 unspecified atom stereocenters. The largest absolute Gasteiger partial charge is 0.412 e. The van der Waals surface area contributed by atoms with Gasteiger partial charge in [0, 0.05) is 6.10 Å². The highest BCUT2D eigenvalue weighted by Gasteiger charge is 1.80. The van der Waals surface area contributed by atoms with Crippen LogP contribution < -0.4 is 0 Å². The van der Waals surface area contributed by atoms with E-state index in [1.54, 1.807) is 13.8 Å². The molecule has 0 radical (unpaired) electrons. The zero-order valence-electron chi connectivity index (χ0n) is 9.06. The van der Waals surface area contributed by atoms with Crippen LogP contribution in [0.3, 0.4) is 0 Å². The van der Waals surface area contributed by atoms with E-state index in [1.165, 1.54) is 32.1 Å². The van der Waals surface area contributed by atoms with Crippen LogP contribution in [0, 0.1) is 0 Å². The fourth-order valence-corrected chi connectivity index (χ4v) is 0.677. The molecule has 3 N–H and O–H groups in total. The van der Waals surface area contributed by atoms with Crippen molar-refractivity contribution in [2.45, 2.75) is 65.9 Å². The lowest BCUT2D eigenvalue weighted by Crippen LogP contribution is -1.85. The van der Waals surface area contributed by atoms with E-state index in [9.17, 15) is 0 Å². The molecule has 0 aliphatic rings. The van der Waals surface area contributed by atoms with Gasteiger partial charge in [-0.15, -0.1) is 0 Å². The molecule has 2 heteroatoms. The standard InChI is InChI=1S/C7H16.C3H8O.H2O/c1-3-5-7-6-4-2;1-3(2)4;/h3-7H2,1-2H3;3-4H,1-2H3;1H2. The molecule has 0 aromatic carbocycles. The predicted octanol–water partition coefficient (Wildman–Crippen LogP) is 2.54. The Labute approximate surface area is 77.3 Å². The molecule has 0 saturated carbocycles. The Morgan fingerprint density at radius 1 is 0.917 bits per heavy atom. The van der Waals surface area contributed by atoms with Crippen molar-refractivity contribution in [1.82, 2.24) is 0 Å². The Morgan fingerprint density at radius 3 is 1.33 bits per heavy atom. The number of hydrogen-bond acceptors (Lipinski definition) is 1. The predicted molar refractivity (Wildman–Crippen MR) is 55.4 cm³/mol. The van der Waals surface area contributed by atoms with Gasteiger partial charge >= 0.3 is 0 Å². The summed E-state index contributed by atoms with van der Waals surface area (Å²) in [6, 6.07) is 0. The van der Waals surface area contributed by atoms with Gasteiger partial charge in [-0.1, -0.05) is 46.0 Å². The normalized spacial score (nSPS) is 8.50. The maximum absolute atomic E-state index is 8.06. The molecule has 0 heterocycles. The highest BCUT2D eigenvalue weighted by Crippen LogP contribution is 2.00. The number of aliphatic hydroxyl groups excluding tert-OH is 1. The van der Waals surface area contributed by atoms with E-state index in [0.29, 0.717) is 0 Å². The van der Waals surface area contributed by atoms with Crippen molar-refractivity contribution in [3.05, 3.63) is 0 Å². The average molecular weight is 178 g/mol. The Kier molecular flexibility index (Phi) is 25.5. The summed E-state index contributed by atoms with van der Waals surface area (Å²) in [6.07, 6.45) is 6.84. The van der Waals surface area contributed by atoms with Crippen LogP contribution in [0.2, 0.25) is 0 Å². The molecule has 0 rings (SSSR count). The first kappa shape index (κ1) is 17.9. The number of unbranched alkanes of at least 4 members (excludes halogenated alkanes) is 4. The molecule has 0 aliphatic heterocycles. The van der Waals surface area contributed by atoms with Crippen LogP contribution in [0.5, 0.6) is 0 Å². The second-order valence-corrected chi connectivity index (χ2v) is 3.15. The summed E-state index contributed by atoms with van der Waals surface area (Å²) >= 11 is 0. The van der Waals surface area contributed by atoms with Gasteiger partial charge in [-0.2, -0.15) is 0 Å². The lowest BCUT2D eigenvalue weighted by atomic mass is 10.2. The van der Waals surface area contributed by atoms with Crippen molar-refractivity contribution >= 4 is 0 Å². The van der Waals surface area contributed by atoms with Crippen LogP contribution in [0.15, 0.2) is 0 Å². The van der Waals surface area contributed by atoms with Crippen LogP contribution in [0.1, 0.15) is 59.8 Å². The quantitative estimate of drug-likeness (QED) is 0.661. The maximum Gasteiger partial charge on any atom is 0.0483 e. The maximum atomic E-state index is 8.06. The topological polar surface area (TPSA) is 51.7 Å². The van der Waals surface area contributed by atoms with Crippen molar-refractivity contribution in [3.63, 3.8) is 0 Å². The fraction of sp³-hybridized carbons (Fsp3) is 1.00. The third-order valence-electron chi connectivity index (χ3n) is 1.21. The first-order valence-corrected chi connectivity index (χ1v) is 4.83. The third-order valence-corrected chi connectivity index (χ3v) is 1.21. The zero-order chi connectivity index (χ0) is 9.11. The molecular weight excluding hydrogens is 152 g/mol. The van der Waals surface area contributed by atoms with Gasteiger partial charge in [0.25, 0.3) is 0 Å². The van der Waals surface area contributed by atoms with Crippen LogP contribution in [0.4, 0.5) is 0 Å². The molecule has 0 spiro atoms. The van der Waals surface area contributed by atoms with E-state index < -0.39 is 0 Å². The molecule has 0 aliphatic carbocycles. The summed E-state index contributed by atoms with van der Waals surface area (Å²) in [6.45, 7) is 7.94. The van der Waals surface area contributed by atoms with Crippen LogP contribution in [-0.2, 0) is 0 Å². The summed E-state index contributed by atoms with van der Waals surface area (Å²) in [5.74, 6) is 0. The number of aliphatic hydroxyl groups is 1. The summed E-state index contributed by atoms with van der Waals surface area (Å²) < 4.78 is 0. The lowest BCUT2D eigenvalue weighted by molar-refractivity contribution is 0.216. The average Bonchev–Trinajstić information content (AvgIpc) is 1.88. The second kappa shape index (κ2) is 17.1. The molecule has 0 saturated heterocycles. The molecule has 2 nitrogen and oxygen atoms in total. The van der Waals surface area contributed by atoms with Crippen molar-refractivity contribution in [1.29, 1.82) is 0 Å². The van der Waals surface area contributed by atoms with Gasteiger partial charge in [0.15, 0.2) is 0 Å². The summed E-state index contributed by atoms with van der Waals surface area (Å²) in [7, 11) is 0. The van der Waals surface area contributed by atoms with Gasteiger partial charge in [0.05, 0.1) is 0 Å². The van der Waals surface area contributed by atoms with Gasteiger partial charge in [0.1, 0.15) is 0 Å². The minimum Gasteiger partial charge on any atom is -0.412 e. The molecule has 0 fully saturated rings. The van der Waals surface area contributed by atoms with Crippen LogP contribution in [-0.4, -0.2) is 16.7 Å². The van der Waals surface area contributed by atoms with E-state index in [2.05, 4.69) is 13.8 Å². The van der Waals surface area contributed by atoms with Crippen molar-refractivity contribution in [3.8, 4) is 0 Å². The van der Waals surface area contributed by atoms with E-state index >= 15 is 0 Å². The highest BCUT2D eigenvalue weighted by molar-refractivity contribution is 4.35. The van der Waals surface area contributed by atoms with Gasteiger partial charge in [-0.25, -0.2) is 0 Å². The second-order valence-electron chi connectivity index (χ2n) is 3.15. The molecule has 0 amide bonds. The Bertz CT molecular complexity index is 47.0. The third kappa shape index (κ3) is 51.4. The van der Waals surface area contributed by atoms with Gasteiger partial charge in [0.2, 0.25) is 0 Å². The Balaban J connectivity index is -0.000000142. The minimum absolute atomic E-state index is 0. The first-order valence-electron chi connectivity index (χ1n) is 4.83. The molecule has 0 bridgehead atoms. The highest BCUT2D eigenvalue weighted by atomic mass is 16.3. The summed E-state index contributed by atoms with van der Waals surface area (Å²) in [5, 5.41) is 8.06. The van der Waals surface area contributed by atoms with Crippen LogP contribution in [0.25, 0.3) is 0 Å². The molecule has 0 aromatic heterocycles. The summed E-state index contributed by atoms with van der Waals surface area (Å²) in [4.78, 5) is 0. The molecule has 12 heavy (non-hydrogen) atoms. The van der Waals surface area contributed by atoms with E-state index in [0.717, 1.165) is 0 Å². The Morgan fingerprint density at radius 2 is 1.17 bits per heavy atom. The number of hydrogen-bond donors (Lipinski definition) is 1. The first-order chi connectivity index (χ1) is 5.15. The number of rotatable bonds is 4. The van der Waals surface area contributed by atoms with Gasteiger partial charge in [-0.3, -0.25) is 0 Å². The molecular formula is C10H26O2. The monoisotopic (exact) mass is 178 g/mol. The minimum atomic E-state index is -0.167. The lowest BCUT2D eigenvalue weighted by Gasteiger charge is -1.90. The van der Waals surface area contributed by atoms with Gasteiger partial charge in [-0.05, 0) is 13.8 Å². The van der Waals surface area contributed by atoms with Crippen molar-refractivity contribution < 1.29 is 10.6 Å². The molecule has 0 atom stereocenters. The van der Waals surface area contributed by atoms with Crippen LogP contribution >= 0.6 is 0 Å². The smallest absolute Gasteiger partial charge is 0.0483 e. The molecule has 0 aromatic rings. The van der Waals surface area contributed by atoms with E-state index in [-0.39, 0.29) is 11.6 Å². The fourth-order valence-electron chi connectivity index (χ4n) is 0.677. The SMILES string of the molecule is CC(C)O.CCCCCCC.O. The molecule has 78 valence electrons. The van der Waals surface area contributed by atoms with Gasteiger partial charge < -0.3 is 10.6 Å². The van der Waals surface area contributed by atoms with Crippen molar-refractivity contribution in [2.24, 2.45) is 0 Å². The summed E-state index contributed by atoms with van der Waals surface area (Å²) in [5.41, 5.74) is 0. The zero-order valence-corrected chi connectivity index (χ0v) is 9.06. The van der Waals surface area contributed by atoms with Crippen molar-refractivity contribution in [2.75, 3.05) is 0 Å². The van der Waals surface area contributed by atoms with E-state index in [4.69, 9.17) is 5.11 Å². The Hall–Kier alpha value is -0.0800. The van der Waals surface area contributed by atoms with E-state index in [1.807, 2.05) is 0 Å².